The number of carbonyl (C=O) groups excluding carboxylic acids is 1. The molecule has 5 rings (SSSR count). The van der Waals surface area contributed by atoms with E-state index in [0.29, 0.717) is 23.6 Å². The van der Waals surface area contributed by atoms with Crippen LogP contribution in [0.3, 0.4) is 0 Å². The third-order valence-electron chi connectivity index (χ3n) is 8.00. The topological polar surface area (TPSA) is 90.3 Å². The molecule has 2 atom stereocenters. The Hall–Kier alpha value is -2.32. The number of carboxylic acids is 1. The van der Waals surface area contributed by atoms with Gasteiger partial charge in [0, 0.05) is 32.9 Å². The minimum Gasteiger partial charge on any atom is -0.550 e. The molecule has 43 heavy (non-hydrogen) atoms. The number of aryl methyl sites for hydroxylation is 1. The van der Waals surface area contributed by atoms with Crippen molar-refractivity contribution in [1.82, 2.24) is 4.98 Å². The van der Waals surface area contributed by atoms with Crippen LogP contribution in [0.2, 0.25) is 5.02 Å². The van der Waals surface area contributed by atoms with E-state index in [4.69, 9.17) is 16.6 Å². The van der Waals surface area contributed by atoms with E-state index in [-0.39, 0.29) is 41.2 Å². The second kappa shape index (κ2) is 14.2. The molecule has 1 fully saturated rings. The number of halogens is 1. The predicted molar refractivity (Wildman–Crippen MR) is 169 cm³/mol. The van der Waals surface area contributed by atoms with Crippen molar-refractivity contribution in [3.63, 3.8) is 0 Å². The van der Waals surface area contributed by atoms with E-state index >= 15 is 0 Å². The first kappa shape index (κ1) is 33.6. The summed E-state index contributed by atoms with van der Waals surface area (Å²) in [7, 11) is -1.30. The zero-order valence-electron chi connectivity index (χ0n) is 24.9. The Bertz CT molecular complexity index is 1660. The number of hydrogen-bond donors (Lipinski definition) is 1. The number of benzene rings is 3. The number of aliphatic carboxylic acids is 1. The SMILES string of the molecule is CC(C)(O)c1ccccc1CCC(c1cccc(/C=C/c2ccc3ccc(Cl)cc3n2)c1)S(=O)CC1(CC(=O)[O-])CC1.[Na+]. The summed E-state index contributed by atoms with van der Waals surface area (Å²) in [6, 6.07) is 25.4. The van der Waals surface area contributed by atoms with Gasteiger partial charge >= 0.3 is 29.6 Å². The van der Waals surface area contributed by atoms with Gasteiger partial charge < -0.3 is 15.0 Å². The summed E-state index contributed by atoms with van der Waals surface area (Å²) in [5, 5.41) is 23.5. The molecule has 0 spiro atoms. The van der Waals surface area contributed by atoms with Gasteiger partial charge in [0.1, 0.15) is 0 Å². The van der Waals surface area contributed by atoms with Crippen LogP contribution < -0.4 is 34.7 Å². The summed E-state index contributed by atoms with van der Waals surface area (Å²) in [5.41, 5.74) is 3.96. The third kappa shape index (κ3) is 8.87. The summed E-state index contributed by atoms with van der Waals surface area (Å²) in [6.07, 6.45) is 6.63. The van der Waals surface area contributed by atoms with Crippen molar-refractivity contribution in [1.29, 1.82) is 0 Å². The molecule has 2 unspecified atom stereocenters. The van der Waals surface area contributed by atoms with Crippen molar-refractivity contribution < 1.29 is 48.8 Å². The summed E-state index contributed by atoms with van der Waals surface area (Å²) in [4.78, 5) is 16.1. The predicted octanol–water partition coefficient (Wildman–Crippen LogP) is 3.63. The molecule has 4 aromatic rings. The van der Waals surface area contributed by atoms with E-state index in [9.17, 15) is 19.2 Å². The Kier molecular flexibility index (Phi) is 11.1. The first-order valence-corrected chi connectivity index (χ1v) is 16.0. The normalized spacial score (nSPS) is 15.6. The largest absolute Gasteiger partial charge is 1.00 e. The number of aliphatic hydroxyl groups is 1. The molecular formula is C35H35ClNNaO4S. The minimum absolute atomic E-state index is 0. The van der Waals surface area contributed by atoms with Crippen LogP contribution in [0.4, 0.5) is 0 Å². The van der Waals surface area contributed by atoms with Crippen LogP contribution in [0.1, 0.15) is 72.7 Å². The maximum Gasteiger partial charge on any atom is 1.00 e. The zero-order valence-corrected chi connectivity index (χ0v) is 28.5. The molecule has 3 aromatic carbocycles. The Balaban J connectivity index is 0.00000423. The smallest absolute Gasteiger partial charge is 0.550 e. The van der Waals surface area contributed by atoms with Gasteiger partial charge in [0.25, 0.3) is 0 Å². The first-order valence-electron chi connectivity index (χ1n) is 14.2. The quantitative estimate of drug-likeness (QED) is 0.244. The van der Waals surface area contributed by atoms with E-state index in [2.05, 4.69) is 6.07 Å². The van der Waals surface area contributed by atoms with Gasteiger partial charge in [0.15, 0.2) is 0 Å². The number of hydrogen-bond acceptors (Lipinski definition) is 5. The zero-order chi connectivity index (χ0) is 29.9. The molecule has 0 aliphatic heterocycles. The molecular weight excluding hydrogens is 589 g/mol. The summed E-state index contributed by atoms with van der Waals surface area (Å²) in [5.74, 6) is -0.751. The van der Waals surface area contributed by atoms with Gasteiger partial charge in [-0.05, 0) is 97.9 Å². The maximum atomic E-state index is 13.9. The van der Waals surface area contributed by atoms with Crippen molar-refractivity contribution in [2.24, 2.45) is 5.41 Å². The average molecular weight is 624 g/mol. The fourth-order valence-electron chi connectivity index (χ4n) is 5.57. The van der Waals surface area contributed by atoms with Gasteiger partial charge in [-0.2, -0.15) is 0 Å². The van der Waals surface area contributed by atoms with Crippen LogP contribution in [0.15, 0.2) is 78.9 Å². The molecule has 1 aromatic heterocycles. The van der Waals surface area contributed by atoms with E-state index in [1.807, 2.05) is 84.9 Å². The molecule has 0 amide bonds. The monoisotopic (exact) mass is 623 g/mol. The van der Waals surface area contributed by atoms with Crippen molar-refractivity contribution >= 4 is 51.4 Å². The molecule has 0 bridgehead atoms. The Labute approximate surface area is 283 Å². The average Bonchev–Trinajstić information content (AvgIpc) is 3.69. The van der Waals surface area contributed by atoms with Crippen LogP contribution in [-0.2, 0) is 27.6 Å². The molecule has 1 aliphatic carbocycles. The van der Waals surface area contributed by atoms with Gasteiger partial charge in [-0.1, -0.05) is 78.3 Å². The number of aromatic nitrogens is 1. The number of rotatable bonds is 12. The molecule has 0 radical (unpaired) electrons. The van der Waals surface area contributed by atoms with Crippen LogP contribution >= 0.6 is 11.6 Å². The van der Waals surface area contributed by atoms with Crippen molar-refractivity contribution in [2.45, 2.75) is 56.8 Å². The van der Waals surface area contributed by atoms with Crippen LogP contribution in [0.25, 0.3) is 23.1 Å². The standard InChI is InChI=1S/C35H36ClNO4S.Na/c1-34(2,40)30-9-4-3-7-25(30)13-17-32(42(41)23-35(18-19-35)22-33(38)39)27-8-5-6-24(20-27)10-15-29-16-12-26-11-14-28(36)21-31(26)37-29;/h3-12,14-16,20-21,32,40H,13,17-19,22-23H2,1-2H3,(H,38,39);/q;+1/p-1/b15-10+;. The fraction of sp³-hybridized carbons (Fsp3) is 0.314. The molecule has 1 aliphatic rings. The van der Waals surface area contributed by atoms with Gasteiger partial charge in [0.05, 0.1) is 22.1 Å². The minimum atomic E-state index is -1.30. The van der Waals surface area contributed by atoms with E-state index in [0.717, 1.165) is 51.7 Å². The molecule has 1 N–H and O–H groups in total. The molecule has 1 saturated carbocycles. The summed E-state index contributed by atoms with van der Waals surface area (Å²) >= 11 is 6.15. The first-order chi connectivity index (χ1) is 20.0. The Morgan fingerprint density at radius 3 is 2.53 bits per heavy atom. The van der Waals surface area contributed by atoms with Gasteiger partial charge in [-0.15, -0.1) is 0 Å². The van der Waals surface area contributed by atoms with Crippen molar-refractivity contribution in [2.75, 3.05) is 5.75 Å². The molecule has 0 saturated heterocycles. The number of pyridine rings is 1. The van der Waals surface area contributed by atoms with Crippen LogP contribution in [-0.4, -0.2) is 26.0 Å². The van der Waals surface area contributed by atoms with Gasteiger partial charge in [0.2, 0.25) is 0 Å². The maximum absolute atomic E-state index is 13.9. The van der Waals surface area contributed by atoms with Crippen molar-refractivity contribution in [3.8, 4) is 0 Å². The van der Waals surface area contributed by atoms with E-state index in [1.54, 1.807) is 13.8 Å². The van der Waals surface area contributed by atoms with Gasteiger partial charge in [-0.25, -0.2) is 4.98 Å². The Morgan fingerprint density at radius 1 is 1.07 bits per heavy atom. The second-order valence-corrected chi connectivity index (χ2v) is 13.9. The molecule has 218 valence electrons. The third-order valence-corrected chi connectivity index (χ3v) is 10.3. The van der Waals surface area contributed by atoms with Crippen LogP contribution in [0, 0.1) is 5.41 Å². The molecule has 1 heterocycles. The van der Waals surface area contributed by atoms with Gasteiger partial charge in [-0.3, -0.25) is 4.21 Å². The second-order valence-electron chi connectivity index (χ2n) is 11.9. The fourth-order valence-corrected chi connectivity index (χ4v) is 7.77. The van der Waals surface area contributed by atoms with E-state index < -0.39 is 27.8 Å². The summed E-state index contributed by atoms with van der Waals surface area (Å²) < 4.78 is 13.9. The van der Waals surface area contributed by atoms with Crippen LogP contribution in [0.5, 0.6) is 0 Å². The molecule has 5 nitrogen and oxygen atoms in total. The number of nitrogens with zero attached hydrogens (tertiary/aromatic N) is 1. The Morgan fingerprint density at radius 2 is 1.81 bits per heavy atom. The van der Waals surface area contributed by atoms with E-state index in [1.165, 1.54) is 0 Å². The molecule has 8 heteroatoms. The number of carboxylic acid groups (broad SMARTS) is 1. The van der Waals surface area contributed by atoms with Crippen molar-refractivity contribution in [3.05, 3.63) is 112 Å². The summed E-state index contributed by atoms with van der Waals surface area (Å²) in [6.45, 7) is 3.54. The number of carbonyl (C=O) groups is 1. The number of fused-ring (bicyclic) bond motifs is 1.